The normalized spacial score (nSPS) is 11.0. The molecule has 2 aromatic carbocycles. The van der Waals surface area contributed by atoms with Crippen molar-refractivity contribution in [2.45, 2.75) is 26.3 Å². The third kappa shape index (κ3) is 8.12. The molecule has 0 spiro atoms. The number of aliphatic imine (C=N–C) groups is 1. The first-order chi connectivity index (χ1) is 13.7. The first-order valence-electron chi connectivity index (χ1n) is 9.67. The minimum absolute atomic E-state index is 0.00156. The van der Waals surface area contributed by atoms with Gasteiger partial charge in [0, 0.05) is 26.1 Å². The molecule has 150 valence electrons. The summed E-state index contributed by atoms with van der Waals surface area (Å²) in [5, 5.41) is 9.43. The van der Waals surface area contributed by atoms with Gasteiger partial charge in [-0.2, -0.15) is 0 Å². The number of nitrogens with zero attached hydrogens (tertiary/aromatic N) is 1. The number of hydrogen-bond acceptors (Lipinski definition) is 3. The molecule has 0 aliphatic rings. The van der Waals surface area contributed by atoms with Crippen molar-refractivity contribution >= 4 is 11.9 Å². The van der Waals surface area contributed by atoms with Crippen molar-refractivity contribution in [2.75, 3.05) is 26.7 Å². The molecule has 0 saturated carbocycles. The third-order valence-electron chi connectivity index (χ3n) is 4.15. The monoisotopic (exact) mass is 382 g/mol. The predicted octanol–water partition coefficient (Wildman–Crippen LogP) is 2.50. The van der Waals surface area contributed by atoms with Gasteiger partial charge in [-0.3, -0.25) is 9.79 Å². The number of amides is 1. The highest BCUT2D eigenvalue weighted by Gasteiger charge is 2.02. The number of guanidine groups is 1. The summed E-state index contributed by atoms with van der Waals surface area (Å²) in [5.74, 6) is 1.59. The molecule has 28 heavy (non-hydrogen) atoms. The van der Waals surface area contributed by atoms with E-state index < -0.39 is 0 Å². The van der Waals surface area contributed by atoms with Gasteiger partial charge in [0.05, 0.1) is 13.7 Å². The van der Waals surface area contributed by atoms with Crippen molar-refractivity contribution in [3.8, 4) is 5.75 Å². The topological polar surface area (TPSA) is 74.8 Å². The van der Waals surface area contributed by atoms with Crippen LogP contribution in [-0.4, -0.2) is 38.6 Å². The number of carbonyl (C=O) groups is 1. The Labute approximate surface area is 167 Å². The molecule has 0 radical (unpaired) electrons. The fourth-order valence-corrected chi connectivity index (χ4v) is 2.61. The molecule has 0 unspecified atom stereocenters. The van der Waals surface area contributed by atoms with Crippen molar-refractivity contribution in [2.24, 2.45) is 4.99 Å². The van der Waals surface area contributed by atoms with Crippen LogP contribution >= 0.6 is 0 Å². The second-order valence-electron chi connectivity index (χ2n) is 6.30. The van der Waals surface area contributed by atoms with Crippen molar-refractivity contribution in [1.82, 2.24) is 16.0 Å². The largest absolute Gasteiger partial charge is 0.497 e. The minimum atomic E-state index is 0.00156. The van der Waals surface area contributed by atoms with Crippen molar-refractivity contribution in [3.05, 3.63) is 65.7 Å². The molecular formula is C22H30N4O2. The lowest BCUT2D eigenvalue weighted by Gasteiger charge is -2.11. The second kappa shape index (κ2) is 12.4. The van der Waals surface area contributed by atoms with Gasteiger partial charge >= 0.3 is 0 Å². The zero-order chi connectivity index (χ0) is 20.0. The molecule has 2 rings (SSSR count). The first kappa shape index (κ1) is 21.3. The van der Waals surface area contributed by atoms with Gasteiger partial charge in [-0.05, 0) is 36.6 Å². The van der Waals surface area contributed by atoms with Crippen molar-refractivity contribution in [1.29, 1.82) is 0 Å². The molecule has 0 heterocycles. The maximum absolute atomic E-state index is 12.0. The van der Waals surface area contributed by atoms with Gasteiger partial charge in [0.2, 0.25) is 5.91 Å². The maximum atomic E-state index is 12.0. The molecular weight excluding hydrogens is 352 g/mol. The van der Waals surface area contributed by atoms with Crippen LogP contribution in [0.25, 0.3) is 0 Å². The SMILES string of the molecule is CCNC(=NCCC(=O)NCc1ccccc1)NCCc1ccc(OC)cc1. The average molecular weight is 383 g/mol. The van der Waals surface area contributed by atoms with Gasteiger partial charge in [0.25, 0.3) is 0 Å². The Morgan fingerprint density at radius 3 is 2.39 bits per heavy atom. The number of methoxy groups -OCH3 is 1. The van der Waals surface area contributed by atoms with Crippen LogP contribution in [0, 0.1) is 0 Å². The molecule has 0 aliphatic heterocycles. The number of benzene rings is 2. The van der Waals surface area contributed by atoms with Crippen molar-refractivity contribution < 1.29 is 9.53 Å². The summed E-state index contributed by atoms with van der Waals surface area (Å²) < 4.78 is 5.17. The number of hydrogen-bond donors (Lipinski definition) is 3. The zero-order valence-electron chi connectivity index (χ0n) is 16.7. The van der Waals surface area contributed by atoms with E-state index in [0.717, 1.165) is 36.8 Å². The molecule has 6 nitrogen and oxygen atoms in total. The molecule has 0 aromatic heterocycles. The Balaban J connectivity index is 1.70. The molecule has 6 heteroatoms. The number of ether oxygens (including phenoxy) is 1. The molecule has 2 aromatic rings. The molecule has 0 bridgehead atoms. The van der Waals surface area contributed by atoms with Crippen LogP contribution in [0.15, 0.2) is 59.6 Å². The lowest BCUT2D eigenvalue weighted by atomic mass is 10.1. The maximum Gasteiger partial charge on any atom is 0.222 e. The predicted molar refractivity (Wildman–Crippen MR) is 114 cm³/mol. The van der Waals surface area contributed by atoms with Gasteiger partial charge < -0.3 is 20.7 Å². The fraction of sp³-hybridized carbons (Fsp3) is 0.364. The summed E-state index contributed by atoms with van der Waals surface area (Å²) in [6.45, 7) is 4.54. The Hall–Kier alpha value is -3.02. The summed E-state index contributed by atoms with van der Waals surface area (Å²) in [5.41, 5.74) is 2.32. The molecule has 0 atom stereocenters. The highest BCUT2D eigenvalue weighted by molar-refractivity contribution is 5.80. The average Bonchev–Trinajstić information content (AvgIpc) is 2.73. The molecule has 0 aliphatic carbocycles. The van der Waals surface area contributed by atoms with Crippen LogP contribution in [0.5, 0.6) is 5.75 Å². The van der Waals surface area contributed by atoms with E-state index >= 15 is 0 Å². The van der Waals surface area contributed by atoms with E-state index in [-0.39, 0.29) is 5.91 Å². The summed E-state index contributed by atoms with van der Waals surface area (Å²) in [7, 11) is 1.66. The lowest BCUT2D eigenvalue weighted by molar-refractivity contribution is -0.121. The van der Waals surface area contributed by atoms with Crippen molar-refractivity contribution in [3.63, 3.8) is 0 Å². The summed E-state index contributed by atoms with van der Waals surface area (Å²) >= 11 is 0. The molecule has 3 N–H and O–H groups in total. The summed E-state index contributed by atoms with van der Waals surface area (Å²) in [4.78, 5) is 16.5. The molecule has 0 fully saturated rings. The smallest absolute Gasteiger partial charge is 0.222 e. The zero-order valence-corrected chi connectivity index (χ0v) is 16.7. The van der Waals surface area contributed by atoms with Gasteiger partial charge in [0.15, 0.2) is 5.96 Å². The highest BCUT2D eigenvalue weighted by Crippen LogP contribution is 2.11. The van der Waals surface area contributed by atoms with E-state index in [4.69, 9.17) is 4.74 Å². The Morgan fingerprint density at radius 2 is 1.71 bits per heavy atom. The number of nitrogens with one attached hydrogen (secondary N) is 3. The standard InChI is InChI=1S/C22H30N4O2/c1-3-23-22(24-15-13-18-9-11-20(28-2)12-10-18)25-16-14-21(27)26-17-19-7-5-4-6-8-19/h4-12H,3,13-17H2,1-2H3,(H,26,27)(H2,23,24,25). The van der Waals surface area contributed by atoms with Crippen LogP contribution in [0.1, 0.15) is 24.5 Å². The van der Waals surface area contributed by atoms with E-state index in [1.165, 1.54) is 5.56 Å². The van der Waals surface area contributed by atoms with Gasteiger partial charge in [-0.1, -0.05) is 42.5 Å². The van der Waals surface area contributed by atoms with Crippen LogP contribution in [0.4, 0.5) is 0 Å². The highest BCUT2D eigenvalue weighted by atomic mass is 16.5. The number of carbonyl (C=O) groups excluding carboxylic acids is 1. The Kier molecular flexibility index (Phi) is 9.41. The van der Waals surface area contributed by atoms with Crippen LogP contribution in [-0.2, 0) is 17.8 Å². The Morgan fingerprint density at radius 1 is 0.964 bits per heavy atom. The lowest BCUT2D eigenvalue weighted by Crippen LogP contribution is -2.38. The quantitative estimate of drug-likeness (QED) is 0.436. The minimum Gasteiger partial charge on any atom is -0.497 e. The first-order valence-corrected chi connectivity index (χ1v) is 9.67. The molecule has 1 amide bonds. The second-order valence-corrected chi connectivity index (χ2v) is 6.30. The van der Waals surface area contributed by atoms with E-state index in [0.29, 0.717) is 19.5 Å². The van der Waals surface area contributed by atoms with Gasteiger partial charge in [-0.15, -0.1) is 0 Å². The molecule has 0 saturated heterocycles. The van der Waals surface area contributed by atoms with E-state index in [9.17, 15) is 4.79 Å². The Bertz CT molecular complexity index is 730. The van der Waals surface area contributed by atoms with E-state index in [1.54, 1.807) is 7.11 Å². The summed E-state index contributed by atoms with van der Waals surface area (Å²) in [6.07, 6.45) is 1.24. The van der Waals surface area contributed by atoms with E-state index in [1.807, 2.05) is 49.4 Å². The fourth-order valence-electron chi connectivity index (χ4n) is 2.61. The third-order valence-corrected chi connectivity index (χ3v) is 4.15. The summed E-state index contributed by atoms with van der Waals surface area (Å²) in [6, 6.07) is 17.9. The van der Waals surface area contributed by atoms with Crippen LogP contribution < -0.4 is 20.7 Å². The number of rotatable bonds is 10. The van der Waals surface area contributed by atoms with E-state index in [2.05, 4.69) is 33.1 Å². The van der Waals surface area contributed by atoms with Gasteiger partial charge in [-0.25, -0.2) is 0 Å². The van der Waals surface area contributed by atoms with Crippen LogP contribution in [0.3, 0.4) is 0 Å². The van der Waals surface area contributed by atoms with Gasteiger partial charge in [0.1, 0.15) is 5.75 Å². The van der Waals surface area contributed by atoms with Crippen LogP contribution in [0.2, 0.25) is 0 Å².